The lowest BCUT2D eigenvalue weighted by Gasteiger charge is -2.26. The van der Waals surface area contributed by atoms with Crippen LogP contribution in [-0.4, -0.2) is 19.6 Å². The Balaban J connectivity index is 0.00000144. The van der Waals surface area contributed by atoms with Gasteiger partial charge in [0, 0.05) is 6.04 Å². The minimum Gasteiger partial charge on any atom is -0.468 e. The van der Waals surface area contributed by atoms with E-state index in [0.717, 1.165) is 12.8 Å². The Labute approximate surface area is 108 Å². The van der Waals surface area contributed by atoms with Crippen molar-refractivity contribution in [2.45, 2.75) is 25.3 Å². The van der Waals surface area contributed by atoms with Gasteiger partial charge >= 0.3 is 5.97 Å². The molecule has 0 amide bonds. The van der Waals surface area contributed by atoms with Crippen molar-refractivity contribution < 1.29 is 9.53 Å². The maximum absolute atomic E-state index is 11.1. The Bertz CT molecular complexity index is 381. The van der Waals surface area contributed by atoms with Gasteiger partial charge < -0.3 is 10.1 Å². The molecule has 2 rings (SSSR count). The Kier molecular flexibility index (Phi) is 5.45. The predicted molar refractivity (Wildman–Crippen MR) is 69.4 cm³/mol. The summed E-state index contributed by atoms with van der Waals surface area (Å²) in [6.45, 7) is 0.287. The van der Waals surface area contributed by atoms with E-state index in [9.17, 15) is 4.79 Å². The van der Waals surface area contributed by atoms with Crippen LogP contribution in [0.2, 0.25) is 0 Å². The number of carbonyl (C=O) groups is 1. The summed E-state index contributed by atoms with van der Waals surface area (Å²) in [7, 11) is 1.42. The number of esters is 1. The van der Waals surface area contributed by atoms with Crippen molar-refractivity contribution in [3.63, 3.8) is 0 Å². The van der Waals surface area contributed by atoms with Crippen LogP contribution in [0.1, 0.15) is 30.0 Å². The van der Waals surface area contributed by atoms with Gasteiger partial charge in [0.15, 0.2) is 0 Å². The smallest absolute Gasteiger partial charge is 0.319 e. The molecular weight excluding hydrogens is 238 g/mol. The zero-order valence-electron chi connectivity index (χ0n) is 9.94. The Hall–Kier alpha value is -1.06. The Morgan fingerprint density at radius 2 is 2.24 bits per heavy atom. The lowest BCUT2D eigenvalue weighted by atomic mass is 9.88. The number of ether oxygens (including phenoxy) is 1. The molecule has 0 radical (unpaired) electrons. The SMILES string of the molecule is COC(=O)CNC1CCCc2ccccc21.Cl. The molecule has 0 saturated carbocycles. The third-order valence-corrected chi connectivity index (χ3v) is 3.09. The molecule has 0 saturated heterocycles. The third-order valence-electron chi connectivity index (χ3n) is 3.09. The lowest BCUT2D eigenvalue weighted by Crippen LogP contribution is -2.30. The monoisotopic (exact) mass is 255 g/mol. The number of fused-ring (bicyclic) bond motifs is 1. The second kappa shape index (κ2) is 6.62. The summed E-state index contributed by atoms with van der Waals surface area (Å²) in [6, 6.07) is 8.73. The van der Waals surface area contributed by atoms with E-state index in [4.69, 9.17) is 0 Å². The molecule has 0 bridgehead atoms. The summed E-state index contributed by atoms with van der Waals surface area (Å²) in [5, 5.41) is 3.25. The normalized spacial score (nSPS) is 17.8. The molecule has 0 aromatic heterocycles. The molecule has 1 N–H and O–H groups in total. The zero-order chi connectivity index (χ0) is 11.4. The van der Waals surface area contributed by atoms with E-state index in [1.807, 2.05) is 0 Å². The highest BCUT2D eigenvalue weighted by molar-refractivity contribution is 5.85. The molecular formula is C13H18ClNO2. The van der Waals surface area contributed by atoms with Crippen LogP contribution in [-0.2, 0) is 16.0 Å². The van der Waals surface area contributed by atoms with Crippen LogP contribution in [0.5, 0.6) is 0 Å². The number of rotatable bonds is 3. The van der Waals surface area contributed by atoms with Crippen LogP contribution in [0, 0.1) is 0 Å². The van der Waals surface area contributed by atoms with Gasteiger partial charge in [-0.1, -0.05) is 24.3 Å². The number of benzene rings is 1. The summed E-state index contributed by atoms with van der Waals surface area (Å²) >= 11 is 0. The molecule has 94 valence electrons. The standard InChI is InChI=1S/C13H17NO2.ClH/c1-16-13(15)9-14-12-8-4-6-10-5-2-3-7-11(10)12;/h2-3,5,7,12,14H,4,6,8-9H2,1H3;1H. The molecule has 0 aliphatic heterocycles. The van der Waals surface area contributed by atoms with Gasteiger partial charge in [-0.25, -0.2) is 0 Å². The van der Waals surface area contributed by atoms with Gasteiger partial charge in [-0.3, -0.25) is 4.79 Å². The molecule has 1 aromatic rings. The predicted octanol–water partition coefficient (Wildman–Crippen LogP) is 2.25. The van der Waals surface area contributed by atoms with Gasteiger partial charge in [-0.2, -0.15) is 0 Å². The van der Waals surface area contributed by atoms with E-state index >= 15 is 0 Å². The second-order valence-electron chi connectivity index (χ2n) is 4.10. The average molecular weight is 256 g/mol. The molecule has 0 fully saturated rings. The van der Waals surface area contributed by atoms with E-state index in [1.165, 1.54) is 24.7 Å². The quantitative estimate of drug-likeness (QED) is 0.842. The number of nitrogens with one attached hydrogen (secondary N) is 1. The molecule has 3 nitrogen and oxygen atoms in total. The van der Waals surface area contributed by atoms with Gasteiger partial charge in [0.25, 0.3) is 0 Å². The van der Waals surface area contributed by atoms with E-state index in [2.05, 4.69) is 34.3 Å². The fraction of sp³-hybridized carbons (Fsp3) is 0.462. The number of methoxy groups -OCH3 is 1. The fourth-order valence-electron chi connectivity index (χ4n) is 2.24. The van der Waals surface area contributed by atoms with E-state index < -0.39 is 0 Å². The van der Waals surface area contributed by atoms with Crippen molar-refractivity contribution in [1.82, 2.24) is 5.32 Å². The van der Waals surface area contributed by atoms with Crippen LogP contribution < -0.4 is 5.32 Å². The van der Waals surface area contributed by atoms with E-state index in [1.54, 1.807) is 0 Å². The van der Waals surface area contributed by atoms with E-state index in [-0.39, 0.29) is 24.9 Å². The van der Waals surface area contributed by atoms with Crippen molar-refractivity contribution in [3.8, 4) is 0 Å². The van der Waals surface area contributed by atoms with Crippen molar-refractivity contribution >= 4 is 18.4 Å². The van der Waals surface area contributed by atoms with E-state index in [0.29, 0.717) is 6.04 Å². The minimum atomic E-state index is -0.206. The Morgan fingerprint density at radius 1 is 1.47 bits per heavy atom. The first-order valence-corrected chi connectivity index (χ1v) is 5.69. The average Bonchev–Trinajstić information content (AvgIpc) is 2.35. The van der Waals surface area contributed by atoms with Crippen LogP contribution in [0.25, 0.3) is 0 Å². The number of halogens is 1. The van der Waals surface area contributed by atoms with Crippen LogP contribution >= 0.6 is 12.4 Å². The molecule has 1 aliphatic rings. The van der Waals surface area contributed by atoms with Crippen LogP contribution in [0.3, 0.4) is 0 Å². The highest BCUT2D eigenvalue weighted by Crippen LogP contribution is 2.29. The first-order chi connectivity index (χ1) is 7.81. The molecule has 0 spiro atoms. The topological polar surface area (TPSA) is 38.3 Å². The molecule has 17 heavy (non-hydrogen) atoms. The molecule has 1 aromatic carbocycles. The summed E-state index contributed by atoms with van der Waals surface area (Å²) in [6.07, 6.45) is 3.41. The minimum absolute atomic E-state index is 0. The number of aryl methyl sites for hydroxylation is 1. The van der Waals surface area contributed by atoms with Crippen LogP contribution in [0.4, 0.5) is 0 Å². The van der Waals surface area contributed by atoms with Crippen LogP contribution in [0.15, 0.2) is 24.3 Å². The number of hydrogen-bond acceptors (Lipinski definition) is 3. The van der Waals surface area contributed by atoms with Crippen molar-refractivity contribution in [1.29, 1.82) is 0 Å². The molecule has 1 atom stereocenters. The van der Waals surface area contributed by atoms with Gasteiger partial charge in [0.1, 0.15) is 0 Å². The molecule has 1 aliphatic carbocycles. The maximum Gasteiger partial charge on any atom is 0.319 e. The first kappa shape index (κ1) is 14.0. The van der Waals surface area contributed by atoms with Crippen molar-refractivity contribution in [2.24, 2.45) is 0 Å². The maximum atomic E-state index is 11.1. The summed E-state index contributed by atoms with van der Waals surface area (Å²) < 4.78 is 4.63. The summed E-state index contributed by atoms with van der Waals surface area (Å²) in [5.74, 6) is -0.206. The largest absolute Gasteiger partial charge is 0.468 e. The summed E-state index contributed by atoms with van der Waals surface area (Å²) in [4.78, 5) is 11.1. The fourth-order valence-corrected chi connectivity index (χ4v) is 2.24. The molecule has 4 heteroatoms. The molecule has 0 heterocycles. The van der Waals surface area contributed by atoms with Gasteiger partial charge in [0.05, 0.1) is 13.7 Å². The number of carbonyl (C=O) groups excluding carboxylic acids is 1. The summed E-state index contributed by atoms with van der Waals surface area (Å²) in [5.41, 5.74) is 2.73. The van der Waals surface area contributed by atoms with Gasteiger partial charge in [-0.15, -0.1) is 12.4 Å². The second-order valence-corrected chi connectivity index (χ2v) is 4.10. The van der Waals surface area contributed by atoms with Gasteiger partial charge in [-0.05, 0) is 30.4 Å². The zero-order valence-corrected chi connectivity index (χ0v) is 10.8. The molecule has 1 unspecified atom stereocenters. The highest BCUT2D eigenvalue weighted by Gasteiger charge is 2.19. The Morgan fingerprint density at radius 3 is 3.00 bits per heavy atom. The lowest BCUT2D eigenvalue weighted by molar-refractivity contribution is -0.139. The number of hydrogen-bond donors (Lipinski definition) is 1. The first-order valence-electron chi connectivity index (χ1n) is 5.69. The van der Waals surface area contributed by atoms with Gasteiger partial charge in [0.2, 0.25) is 0 Å². The van der Waals surface area contributed by atoms with Crippen molar-refractivity contribution in [2.75, 3.05) is 13.7 Å². The highest BCUT2D eigenvalue weighted by atomic mass is 35.5. The van der Waals surface area contributed by atoms with Crippen molar-refractivity contribution in [3.05, 3.63) is 35.4 Å². The third kappa shape index (κ3) is 3.45.